The van der Waals surface area contributed by atoms with Crippen LogP contribution in [0.15, 0.2) is 30.4 Å². The van der Waals surface area contributed by atoms with Crippen LogP contribution in [-0.4, -0.2) is 13.2 Å². The zero-order valence-electron chi connectivity index (χ0n) is 11.0. The lowest BCUT2D eigenvalue weighted by molar-refractivity contribution is 0.295. The topological polar surface area (TPSA) is 66.0 Å². The maximum atomic E-state index is 8.79. The molecule has 0 radical (unpaired) electrons. The zero-order chi connectivity index (χ0) is 15.0. The van der Waals surface area contributed by atoms with Crippen molar-refractivity contribution in [2.24, 2.45) is 0 Å². The SMILES string of the molecule is C=CCOc1c(I)cc(C=C(C#N)C#N)cc1OCC. The molecule has 0 fully saturated rings. The van der Waals surface area contributed by atoms with E-state index in [0.717, 1.165) is 9.13 Å². The Bertz CT molecular complexity index is 594. The Kier molecular flexibility index (Phi) is 6.61. The Balaban J connectivity index is 3.26. The van der Waals surface area contributed by atoms with Crippen molar-refractivity contribution in [3.05, 3.63) is 39.5 Å². The van der Waals surface area contributed by atoms with Gasteiger partial charge in [-0.3, -0.25) is 0 Å². The van der Waals surface area contributed by atoms with E-state index in [0.29, 0.717) is 24.7 Å². The van der Waals surface area contributed by atoms with Crippen LogP contribution in [0.1, 0.15) is 12.5 Å². The van der Waals surface area contributed by atoms with Crippen molar-refractivity contribution in [2.45, 2.75) is 6.92 Å². The van der Waals surface area contributed by atoms with Gasteiger partial charge in [-0.05, 0) is 53.3 Å². The van der Waals surface area contributed by atoms with Crippen molar-refractivity contribution >= 4 is 28.7 Å². The number of ether oxygens (including phenoxy) is 2. The van der Waals surface area contributed by atoms with Crippen molar-refractivity contribution in [1.29, 1.82) is 10.5 Å². The minimum absolute atomic E-state index is 0.0445. The number of hydrogen-bond donors (Lipinski definition) is 0. The Morgan fingerprint density at radius 3 is 2.60 bits per heavy atom. The Morgan fingerprint density at radius 2 is 2.05 bits per heavy atom. The molecule has 20 heavy (non-hydrogen) atoms. The van der Waals surface area contributed by atoms with Gasteiger partial charge in [0.25, 0.3) is 0 Å². The number of benzene rings is 1. The van der Waals surface area contributed by atoms with E-state index in [1.807, 2.05) is 25.1 Å². The molecule has 0 bridgehead atoms. The first-order chi connectivity index (χ1) is 9.65. The van der Waals surface area contributed by atoms with Gasteiger partial charge in [0.1, 0.15) is 24.3 Å². The summed E-state index contributed by atoms with van der Waals surface area (Å²) in [4.78, 5) is 0. The van der Waals surface area contributed by atoms with Crippen LogP contribution in [0.2, 0.25) is 0 Å². The number of rotatable bonds is 6. The molecule has 0 aliphatic carbocycles. The highest BCUT2D eigenvalue weighted by Gasteiger charge is 2.11. The molecule has 102 valence electrons. The Hall–Kier alpha value is -1.99. The lowest BCUT2D eigenvalue weighted by Gasteiger charge is -2.13. The molecule has 1 aromatic rings. The summed E-state index contributed by atoms with van der Waals surface area (Å²) in [5, 5.41) is 17.6. The van der Waals surface area contributed by atoms with E-state index in [1.54, 1.807) is 12.1 Å². The molecule has 0 aliphatic heterocycles. The molecule has 0 N–H and O–H groups in total. The Morgan fingerprint density at radius 1 is 1.35 bits per heavy atom. The van der Waals surface area contributed by atoms with Crippen molar-refractivity contribution in [3.63, 3.8) is 0 Å². The highest BCUT2D eigenvalue weighted by atomic mass is 127. The van der Waals surface area contributed by atoms with Crippen molar-refractivity contribution < 1.29 is 9.47 Å². The lowest BCUT2D eigenvalue weighted by Crippen LogP contribution is -2.01. The van der Waals surface area contributed by atoms with Gasteiger partial charge >= 0.3 is 0 Å². The highest BCUT2D eigenvalue weighted by Crippen LogP contribution is 2.34. The molecule has 4 nitrogen and oxygen atoms in total. The number of halogens is 1. The third-order valence-electron chi connectivity index (χ3n) is 2.23. The first kappa shape index (κ1) is 16.1. The summed E-state index contributed by atoms with van der Waals surface area (Å²) in [6.07, 6.45) is 3.17. The van der Waals surface area contributed by atoms with Gasteiger partial charge in [0.15, 0.2) is 11.5 Å². The molecular formula is C15H13IN2O2. The predicted octanol–water partition coefficient (Wildman–Crippen LogP) is 3.69. The minimum atomic E-state index is 0.0445. The average molecular weight is 380 g/mol. The number of nitriles is 2. The summed E-state index contributed by atoms with van der Waals surface area (Å²) in [5.74, 6) is 1.22. The third kappa shape index (κ3) is 4.29. The second-order valence-electron chi connectivity index (χ2n) is 3.64. The van der Waals surface area contributed by atoms with Gasteiger partial charge in [-0.15, -0.1) is 0 Å². The summed E-state index contributed by atoms with van der Waals surface area (Å²) in [7, 11) is 0. The Labute approximate surface area is 132 Å². The van der Waals surface area contributed by atoms with Crippen LogP contribution < -0.4 is 9.47 Å². The predicted molar refractivity (Wildman–Crippen MR) is 85.2 cm³/mol. The van der Waals surface area contributed by atoms with E-state index in [-0.39, 0.29) is 5.57 Å². The van der Waals surface area contributed by atoms with Crippen LogP contribution >= 0.6 is 22.6 Å². The summed E-state index contributed by atoms with van der Waals surface area (Å²) in [6, 6.07) is 7.24. The van der Waals surface area contributed by atoms with E-state index in [2.05, 4.69) is 29.2 Å². The molecule has 0 aliphatic rings. The molecule has 0 amide bonds. The number of allylic oxidation sites excluding steroid dienone is 1. The van der Waals surface area contributed by atoms with Crippen LogP contribution in [0.25, 0.3) is 6.08 Å². The minimum Gasteiger partial charge on any atom is -0.490 e. The lowest BCUT2D eigenvalue weighted by atomic mass is 10.1. The van der Waals surface area contributed by atoms with E-state index < -0.39 is 0 Å². The molecule has 0 aromatic heterocycles. The second-order valence-corrected chi connectivity index (χ2v) is 4.81. The molecule has 0 saturated heterocycles. The number of nitrogens with zero attached hydrogens (tertiary/aromatic N) is 2. The molecule has 0 saturated carbocycles. The molecule has 0 unspecified atom stereocenters. The summed E-state index contributed by atoms with van der Waals surface area (Å²) < 4.78 is 12.0. The van der Waals surface area contributed by atoms with Crippen LogP contribution in [0.3, 0.4) is 0 Å². The first-order valence-corrected chi connectivity index (χ1v) is 6.96. The summed E-state index contributed by atoms with van der Waals surface area (Å²) in [6.45, 7) is 6.37. The first-order valence-electron chi connectivity index (χ1n) is 5.88. The normalized spacial score (nSPS) is 9.00. The average Bonchev–Trinajstić information content (AvgIpc) is 2.44. The van der Waals surface area contributed by atoms with E-state index in [4.69, 9.17) is 20.0 Å². The van der Waals surface area contributed by atoms with Gasteiger partial charge < -0.3 is 9.47 Å². The van der Waals surface area contributed by atoms with Gasteiger partial charge in [-0.1, -0.05) is 12.7 Å². The molecule has 1 aromatic carbocycles. The van der Waals surface area contributed by atoms with Gasteiger partial charge in [-0.25, -0.2) is 0 Å². The van der Waals surface area contributed by atoms with Crippen LogP contribution in [0.5, 0.6) is 11.5 Å². The quantitative estimate of drug-likeness (QED) is 0.429. The monoisotopic (exact) mass is 380 g/mol. The zero-order valence-corrected chi connectivity index (χ0v) is 13.2. The van der Waals surface area contributed by atoms with Crippen LogP contribution in [0.4, 0.5) is 0 Å². The molecule has 0 heterocycles. The van der Waals surface area contributed by atoms with Crippen molar-refractivity contribution in [3.8, 4) is 23.6 Å². The summed E-state index contributed by atoms with van der Waals surface area (Å²) >= 11 is 2.13. The van der Waals surface area contributed by atoms with Crippen molar-refractivity contribution in [1.82, 2.24) is 0 Å². The fourth-order valence-corrected chi connectivity index (χ4v) is 2.25. The fourth-order valence-electron chi connectivity index (χ4n) is 1.47. The summed E-state index contributed by atoms with van der Waals surface area (Å²) in [5.41, 5.74) is 0.768. The van der Waals surface area contributed by atoms with Gasteiger partial charge in [-0.2, -0.15) is 10.5 Å². The fraction of sp³-hybridized carbons (Fsp3) is 0.200. The van der Waals surface area contributed by atoms with E-state index in [1.165, 1.54) is 6.08 Å². The molecular weight excluding hydrogens is 367 g/mol. The maximum absolute atomic E-state index is 8.79. The molecule has 0 spiro atoms. The van der Waals surface area contributed by atoms with E-state index >= 15 is 0 Å². The molecule has 5 heteroatoms. The van der Waals surface area contributed by atoms with Crippen LogP contribution in [-0.2, 0) is 0 Å². The maximum Gasteiger partial charge on any atom is 0.174 e. The highest BCUT2D eigenvalue weighted by molar-refractivity contribution is 14.1. The number of hydrogen-bond acceptors (Lipinski definition) is 4. The van der Waals surface area contributed by atoms with Gasteiger partial charge in [0.05, 0.1) is 10.2 Å². The smallest absolute Gasteiger partial charge is 0.174 e. The van der Waals surface area contributed by atoms with E-state index in [9.17, 15) is 0 Å². The molecule has 1 rings (SSSR count). The standard InChI is InChI=1S/C15H13IN2O2/c1-3-5-20-15-13(16)7-11(6-12(9-17)10-18)8-14(15)19-4-2/h3,6-8H,1,4-5H2,2H3. The van der Waals surface area contributed by atoms with Gasteiger partial charge in [0, 0.05) is 0 Å². The largest absolute Gasteiger partial charge is 0.490 e. The third-order valence-corrected chi connectivity index (χ3v) is 3.03. The van der Waals surface area contributed by atoms with Gasteiger partial charge in [0.2, 0.25) is 0 Å². The van der Waals surface area contributed by atoms with Crippen LogP contribution in [0, 0.1) is 26.2 Å². The van der Waals surface area contributed by atoms with Crippen molar-refractivity contribution in [2.75, 3.05) is 13.2 Å². The second kappa shape index (κ2) is 8.23. The molecule has 0 atom stereocenters.